The summed E-state index contributed by atoms with van der Waals surface area (Å²) in [5.41, 5.74) is 0.840. The van der Waals surface area contributed by atoms with Gasteiger partial charge < -0.3 is 14.5 Å². The van der Waals surface area contributed by atoms with Crippen LogP contribution in [0.1, 0.15) is 16.1 Å². The standard InChI is InChI=1S/C22H18N4O5/c27-20(19-11-6-12-30-19)23-18(13-15-7-2-1-3-8-15)22(29)31-14-26-21(28)16-9-4-5-10-17(16)24-25-26/h1-12,18H,13-14H2,(H,23,27). The van der Waals surface area contributed by atoms with Crippen LogP contribution in [-0.4, -0.2) is 32.9 Å². The number of benzene rings is 2. The fraction of sp³-hybridized carbons (Fsp3) is 0.136. The molecule has 9 heteroatoms. The van der Waals surface area contributed by atoms with Crippen LogP contribution in [0, 0.1) is 0 Å². The van der Waals surface area contributed by atoms with Crippen molar-refractivity contribution in [3.05, 3.63) is 94.7 Å². The summed E-state index contributed by atoms with van der Waals surface area (Å²) in [6.45, 7) is -0.433. The molecule has 0 fully saturated rings. The van der Waals surface area contributed by atoms with E-state index in [9.17, 15) is 14.4 Å². The molecular weight excluding hydrogens is 400 g/mol. The van der Waals surface area contributed by atoms with Crippen molar-refractivity contribution in [2.75, 3.05) is 0 Å². The Balaban J connectivity index is 1.50. The number of amides is 1. The van der Waals surface area contributed by atoms with Gasteiger partial charge in [-0.05, 0) is 29.8 Å². The number of furan rings is 1. The summed E-state index contributed by atoms with van der Waals surface area (Å²) in [5, 5.41) is 10.7. The number of rotatable bonds is 7. The van der Waals surface area contributed by atoms with Crippen molar-refractivity contribution in [3.8, 4) is 0 Å². The number of hydrogen-bond acceptors (Lipinski definition) is 7. The molecule has 1 N–H and O–H groups in total. The molecular formula is C22H18N4O5. The lowest BCUT2D eigenvalue weighted by molar-refractivity contribution is -0.150. The fourth-order valence-corrected chi connectivity index (χ4v) is 3.01. The summed E-state index contributed by atoms with van der Waals surface area (Å²) in [7, 11) is 0. The molecule has 1 atom stereocenters. The third kappa shape index (κ3) is 4.67. The van der Waals surface area contributed by atoms with E-state index < -0.39 is 30.2 Å². The minimum Gasteiger partial charge on any atom is -0.459 e. The Kier molecular flexibility index (Phi) is 5.84. The van der Waals surface area contributed by atoms with Crippen LogP contribution in [0.2, 0.25) is 0 Å². The molecule has 0 radical (unpaired) electrons. The van der Waals surface area contributed by atoms with Crippen LogP contribution < -0.4 is 10.9 Å². The molecule has 0 saturated carbocycles. The first-order valence-electron chi connectivity index (χ1n) is 9.49. The van der Waals surface area contributed by atoms with Crippen LogP contribution in [-0.2, 0) is 22.7 Å². The number of nitrogens with one attached hydrogen (secondary N) is 1. The predicted octanol–water partition coefficient (Wildman–Crippen LogP) is 1.93. The molecule has 2 heterocycles. The van der Waals surface area contributed by atoms with Crippen LogP contribution in [0.4, 0.5) is 0 Å². The highest BCUT2D eigenvalue weighted by Gasteiger charge is 2.25. The summed E-state index contributed by atoms with van der Waals surface area (Å²) < 4.78 is 11.3. The van der Waals surface area contributed by atoms with Crippen molar-refractivity contribution in [1.82, 2.24) is 20.3 Å². The topological polar surface area (TPSA) is 116 Å². The molecule has 4 rings (SSSR count). The van der Waals surface area contributed by atoms with Gasteiger partial charge >= 0.3 is 5.97 Å². The van der Waals surface area contributed by atoms with Gasteiger partial charge in [0, 0.05) is 6.42 Å². The van der Waals surface area contributed by atoms with Crippen molar-refractivity contribution in [2.24, 2.45) is 0 Å². The molecule has 2 aromatic heterocycles. The van der Waals surface area contributed by atoms with Crippen molar-refractivity contribution in [1.29, 1.82) is 0 Å². The second-order valence-corrected chi connectivity index (χ2v) is 6.70. The first-order valence-corrected chi connectivity index (χ1v) is 9.49. The fourth-order valence-electron chi connectivity index (χ4n) is 3.01. The van der Waals surface area contributed by atoms with Gasteiger partial charge in [0.25, 0.3) is 11.5 Å². The van der Waals surface area contributed by atoms with Gasteiger partial charge in [0.15, 0.2) is 12.5 Å². The largest absolute Gasteiger partial charge is 0.459 e. The highest BCUT2D eigenvalue weighted by molar-refractivity contribution is 5.94. The molecule has 9 nitrogen and oxygen atoms in total. The molecule has 0 spiro atoms. The lowest BCUT2D eigenvalue weighted by Gasteiger charge is -2.17. The number of carbonyl (C=O) groups excluding carboxylic acids is 2. The lowest BCUT2D eigenvalue weighted by Crippen LogP contribution is -2.44. The Labute approximate surface area is 176 Å². The maximum Gasteiger partial charge on any atom is 0.330 e. The third-order valence-corrected chi connectivity index (χ3v) is 4.58. The highest BCUT2D eigenvalue weighted by Crippen LogP contribution is 2.08. The number of nitrogens with zero attached hydrogens (tertiary/aromatic N) is 3. The number of ether oxygens (including phenoxy) is 1. The molecule has 31 heavy (non-hydrogen) atoms. The number of esters is 1. The Morgan fingerprint density at radius 3 is 2.58 bits per heavy atom. The summed E-state index contributed by atoms with van der Waals surface area (Å²) in [6.07, 6.45) is 1.56. The smallest absolute Gasteiger partial charge is 0.330 e. The number of carbonyl (C=O) groups is 2. The van der Waals surface area contributed by atoms with E-state index in [1.54, 1.807) is 30.3 Å². The molecule has 0 aliphatic carbocycles. The van der Waals surface area contributed by atoms with Gasteiger partial charge in [-0.2, -0.15) is 4.68 Å². The van der Waals surface area contributed by atoms with Gasteiger partial charge in [0.1, 0.15) is 11.6 Å². The van der Waals surface area contributed by atoms with E-state index in [4.69, 9.17) is 9.15 Å². The first-order chi connectivity index (χ1) is 15.1. The van der Waals surface area contributed by atoms with Gasteiger partial charge in [-0.25, -0.2) is 4.79 Å². The SMILES string of the molecule is O=C(NC(Cc1ccccc1)C(=O)OCn1nnc2ccccc2c1=O)c1ccco1. The van der Waals surface area contributed by atoms with Gasteiger partial charge in [-0.15, -0.1) is 5.10 Å². The Morgan fingerprint density at radius 1 is 1.03 bits per heavy atom. The average Bonchev–Trinajstić information content (AvgIpc) is 3.34. The molecule has 0 bridgehead atoms. The molecule has 156 valence electrons. The van der Waals surface area contributed by atoms with E-state index in [1.807, 2.05) is 30.3 Å². The van der Waals surface area contributed by atoms with Crippen molar-refractivity contribution < 1.29 is 18.7 Å². The van der Waals surface area contributed by atoms with E-state index in [1.165, 1.54) is 12.3 Å². The van der Waals surface area contributed by atoms with Gasteiger partial charge in [-0.3, -0.25) is 9.59 Å². The number of hydrogen-bond donors (Lipinski definition) is 1. The Hall–Kier alpha value is -4.27. The summed E-state index contributed by atoms with van der Waals surface area (Å²) >= 11 is 0. The second-order valence-electron chi connectivity index (χ2n) is 6.70. The average molecular weight is 418 g/mol. The van der Waals surface area contributed by atoms with Crippen LogP contribution in [0.5, 0.6) is 0 Å². The van der Waals surface area contributed by atoms with E-state index in [0.29, 0.717) is 10.9 Å². The minimum atomic E-state index is -0.996. The Morgan fingerprint density at radius 2 is 1.81 bits per heavy atom. The van der Waals surface area contributed by atoms with Crippen LogP contribution in [0.25, 0.3) is 10.9 Å². The predicted molar refractivity (Wildman–Crippen MR) is 110 cm³/mol. The summed E-state index contributed by atoms with van der Waals surface area (Å²) in [6, 6.07) is 18.0. The summed E-state index contributed by atoms with van der Waals surface area (Å²) in [5.74, 6) is -1.20. The van der Waals surface area contributed by atoms with E-state index in [0.717, 1.165) is 10.2 Å². The van der Waals surface area contributed by atoms with Gasteiger partial charge in [0.2, 0.25) is 0 Å². The minimum absolute atomic E-state index is 0.0717. The molecule has 4 aromatic rings. The molecule has 0 saturated heterocycles. The normalized spacial score (nSPS) is 11.7. The molecule has 2 aromatic carbocycles. The van der Waals surface area contributed by atoms with Crippen molar-refractivity contribution >= 4 is 22.8 Å². The first kappa shape index (κ1) is 20.0. The van der Waals surface area contributed by atoms with Gasteiger partial charge in [0.05, 0.1) is 11.6 Å². The van der Waals surface area contributed by atoms with Crippen molar-refractivity contribution in [3.63, 3.8) is 0 Å². The van der Waals surface area contributed by atoms with Crippen LogP contribution in [0.3, 0.4) is 0 Å². The van der Waals surface area contributed by atoms with E-state index in [-0.39, 0.29) is 12.2 Å². The highest BCUT2D eigenvalue weighted by atomic mass is 16.5. The quantitative estimate of drug-likeness (QED) is 0.456. The lowest BCUT2D eigenvalue weighted by atomic mass is 10.1. The molecule has 1 unspecified atom stereocenters. The number of aromatic nitrogens is 3. The zero-order valence-corrected chi connectivity index (χ0v) is 16.3. The van der Waals surface area contributed by atoms with E-state index in [2.05, 4.69) is 15.6 Å². The number of fused-ring (bicyclic) bond motifs is 1. The molecule has 0 aliphatic heterocycles. The van der Waals surface area contributed by atoms with Crippen molar-refractivity contribution in [2.45, 2.75) is 19.2 Å². The van der Waals surface area contributed by atoms with E-state index >= 15 is 0 Å². The third-order valence-electron chi connectivity index (χ3n) is 4.58. The molecule has 1 amide bonds. The Bertz CT molecular complexity index is 1250. The van der Waals surface area contributed by atoms with Crippen LogP contribution in [0.15, 0.2) is 82.2 Å². The summed E-state index contributed by atoms with van der Waals surface area (Å²) in [4.78, 5) is 37.7. The second kappa shape index (κ2) is 9.04. The maximum atomic E-state index is 12.8. The van der Waals surface area contributed by atoms with Gasteiger partial charge in [-0.1, -0.05) is 47.7 Å². The zero-order valence-electron chi connectivity index (χ0n) is 16.3. The van der Waals surface area contributed by atoms with Crippen LogP contribution >= 0.6 is 0 Å². The molecule has 0 aliphatic rings. The zero-order chi connectivity index (χ0) is 21.6. The maximum absolute atomic E-state index is 12.8. The monoisotopic (exact) mass is 418 g/mol.